The molecule has 2 aromatic heterocycles. The molecule has 176 valence electrons. The molecule has 1 N–H and O–H groups in total. The van der Waals surface area contributed by atoms with E-state index in [1.54, 1.807) is 30.6 Å². The fourth-order valence-corrected chi connectivity index (χ4v) is 5.96. The molecular formula is C26H24Cl2N2O3S. The maximum atomic E-state index is 13.1. The Balaban J connectivity index is 1.44. The van der Waals surface area contributed by atoms with Gasteiger partial charge in [-0.1, -0.05) is 42.1 Å². The molecule has 0 spiro atoms. The maximum Gasteiger partial charge on any atom is 0.260 e. The van der Waals surface area contributed by atoms with Crippen molar-refractivity contribution in [2.24, 2.45) is 0 Å². The number of benzene rings is 2. The van der Waals surface area contributed by atoms with Crippen LogP contribution in [0.5, 0.6) is 11.5 Å². The summed E-state index contributed by atoms with van der Waals surface area (Å²) in [6.07, 6.45) is 6.76. The lowest BCUT2D eigenvalue weighted by atomic mass is 9.98. The summed E-state index contributed by atoms with van der Waals surface area (Å²) in [6.45, 7) is 0.314. The topological polar surface area (TPSA) is 64.2 Å². The number of aromatic nitrogens is 2. The fourth-order valence-electron chi connectivity index (χ4n) is 4.38. The smallest absolute Gasteiger partial charge is 0.260 e. The lowest BCUT2D eigenvalue weighted by Gasteiger charge is -2.12. The molecule has 1 aliphatic carbocycles. The number of thiophene rings is 1. The standard InChI is InChI=1S/C26H24Cl2N2O3S/c1-32-21-13-16(9-11-20(21)33-14-15-8-10-18(27)19(28)12-15)24-29-25(31)23-17-6-4-2-3-5-7-22(17)34-26(23)30-24/h8-13H,2-7,14H2,1H3,(H,29,30,31). The third-order valence-electron chi connectivity index (χ3n) is 6.14. The predicted octanol–water partition coefficient (Wildman–Crippen LogP) is 7.21. The van der Waals surface area contributed by atoms with Crippen LogP contribution in [0.1, 0.15) is 41.7 Å². The van der Waals surface area contributed by atoms with E-state index in [4.69, 9.17) is 37.7 Å². The molecule has 0 atom stereocenters. The first-order valence-corrected chi connectivity index (χ1v) is 12.9. The molecule has 0 unspecified atom stereocenters. The molecule has 0 aliphatic heterocycles. The Bertz CT molecular complexity index is 1410. The van der Waals surface area contributed by atoms with E-state index in [1.165, 1.54) is 29.7 Å². The fraction of sp³-hybridized carbons (Fsp3) is 0.308. The van der Waals surface area contributed by atoms with E-state index in [-0.39, 0.29) is 5.56 Å². The monoisotopic (exact) mass is 514 g/mol. The molecule has 4 aromatic rings. The molecule has 1 aliphatic rings. The summed E-state index contributed by atoms with van der Waals surface area (Å²) >= 11 is 13.7. The van der Waals surface area contributed by atoms with Gasteiger partial charge < -0.3 is 14.5 Å². The van der Waals surface area contributed by atoms with Crippen molar-refractivity contribution < 1.29 is 9.47 Å². The Morgan fingerprint density at radius 3 is 2.62 bits per heavy atom. The van der Waals surface area contributed by atoms with Gasteiger partial charge in [0, 0.05) is 10.4 Å². The van der Waals surface area contributed by atoms with Crippen molar-refractivity contribution in [2.45, 2.75) is 45.1 Å². The van der Waals surface area contributed by atoms with Crippen molar-refractivity contribution in [1.29, 1.82) is 0 Å². The van der Waals surface area contributed by atoms with Gasteiger partial charge in [0.25, 0.3) is 5.56 Å². The Morgan fingerprint density at radius 2 is 1.82 bits per heavy atom. The number of hydrogen-bond acceptors (Lipinski definition) is 5. The van der Waals surface area contributed by atoms with E-state index in [9.17, 15) is 4.79 Å². The first kappa shape index (κ1) is 23.2. The number of aromatic amines is 1. The van der Waals surface area contributed by atoms with Gasteiger partial charge in [0.05, 0.1) is 22.5 Å². The predicted molar refractivity (Wildman–Crippen MR) is 139 cm³/mol. The molecule has 2 heterocycles. The van der Waals surface area contributed by atoms with Crippen LogP contribution in [0.3, 0.4) is 0 Å². The van der Waals surface area contributed by atoms with Crippen molar-refractivity contribution >= 4 is 44.8 Å². The van der Waals surface area contributed by atoms with Crippen LogP contribution in [0.4, 0.5) is 0 Å². The van der Waals surface area contributed by atoms with Crippen LogP contribution in [0, 0.1) is 0 Å². The molecule has 0 saturated carbocycles. The number of nitrogens with one attached hydrogen (secondary N) is 1. The molecule has 5 nitrogen and oxygen atoms in total. The highest BCUT2D eigenvalue weighted by atomic mass is 35.5. The summed E-state index contributed by atoms with van der Waals surface area (Å²) in [7, 11) is 1.59. The Hall–Kier alpha value is -2.54. The Labute approximate surface area is 211 Å². The summed E-state index contributed by atoms with van der Waals surface area (Å²) < 4.78 is 11.5. The van der Waals surface area contributed by atoms with Crippen molar-refractivity contribution in [2.75, 3.05) is 7.11 Å². The van der Waals surface area contributed by atoms with E-state index in [0.717, 1.165) is 40.6 Å². The van der Waals surface area contributed by atoms with Gasteiger partial charge in [-0.25, -0.2) is 4.98 Å². The molecule has 5 rings (SSSR count). The number of aryl methyl sites for hydroxylation is 2. The van der Waals surface area contributed by atoms with Gasteiger partial charge >= 0.3 is 0 Å². The summed E-state index contributed by atoms with van der Waals surface area (Å²) in [4.78, 5) is 23.0. The van der Waals surface area contributed by atoms with Gasteiger partial charge in [0.2, 0.25) is 0 Å². The summed E-state index contributed by atoms with van der Waals surface area (Å²) in [5.74, 6) is 1.67. The minimum absolute atomic E-state index is 0.0722. The first-order valence-electron chi connectivity index (χ1n) is 11.3. The van der Waals surface area contributed by atoms with Crippen LogP contribution in [0.15, 0.2) is 41.2 Å². The van der Waals surface area contributed by atoms with Gasteiger partial charge in [-0.2, -0.15) is 0 Å². The zero-order valence-electron chi connectivity index (χ0n) is 18.7. The highest BCUT2D eigenvalue weighted by Crippen LogP contribution is 2.35. The molecular weight excluding hydrogens is 491 g/mol. The quantitative estimate of drug-likeness (QED) is 0.305. The SMILES string of the molecule is COc1cc(-c2nc3sc4c(c3c(=O)[nH]2)CCCCCC4)ccc1OCc1ccc(Cl)c(Cl)c1. The van der Waals surface area contributed by atoms with E-state index in [2.05, 4.69) is 4.98 Å². The molecule has 0 fully saturated rings. The van der Waals surface area contributed by atoms with Gasteiger partial charge in [-0.05, 0) is 67.1 Å². The molecule has 8 heteroatoms. The van der Waals surface area contributed by atoms with Crippen molar-refractivity contribution in [1.82, 2.24) is 9.97 Å². The van der Waals surface area contributed by atoms with Crippen LogP contribution in [0.2, 0.25) is 10.0 Å². The highest BCUT2D eigenvalue weighted by Gasteiger charge is 2.19. The Kier molecular flexibility index (Phi) is 6.82. The van der Waals surface area contributed by atoms with E-state index in [0.29, 0.717) is 34.0 Å². The molecule has 0 radical (unpaired) electrons. The number of methoxy groups -OCH3 is 1. The molecule has 34 heavy (non-hydrogen) atoms. The normalized spacial score (nSPS) is 13.9. The summed E-state index contributed by atoms with van der Waals surface area (Å²) in [6, 6.07) is 10.9. The minimum atomic E-state index is -0.0722. The zero-order chi connectivity index (χ0) is 23.7. The zero-order valence-corrected chi connectivity index (χ0v) is 21.1. The van der Waals surface area contributed by atoms with E-state index >= 15 is 0 Å². The van der Waals surface area contributed by atoms with E-state index in [1.807, 2.05) is 24.3 Å². The molecule has 2 aromatic carbocycles. The van der Waals surface area contributed by atoms with Crippen LogP contribution in [0.25, 0.3) is 21.6 Å². The van der Waals surface area contributed by atoms with Crippen LogP contribution >= 0.6 is 34.5 Å². The second-order valence-corrected chi connectivity index (χ2v) is 10.3. The number of H-pyrrole nitrogens is 1. The van der Waals surface area contributed by atoms with E-state index < -0.39 is 0 Å². The van der Waals surface area contributed by atoms with Gasteiger partial charge in [-0.3, -0.25) is 4.79 Å². The average Bonchev–Trinajstić information content (AvgIpc) is 3.16. The molecule has 0 amide bonds. The Morgan fingerprint density at radius 1 is 1.00 bits per heavy atom. The summed E-state index contributed by atoms with van der Waals surface area (Å²) in [5, 5.41) is 1.75. The van der Waals surface area contributed by atoms with Crippen molar-refractivity contribution in [3.05, 3.63) is 72.8 Å². The number of hydrogen-bond donors (Lipinski definition) is 1. The largest absolute Gasteiger partial charge is 0.493 e. The minimum Gasteiger partial charge on any atom is -0.493 e. The maximum absolute atomic E-state index is 13.1. The number of nitrogens with zero attached hydrogens (tertiary/aromatic N) is 1. The lowest BCUT2D eigenvalue weighted by molar-refractivity contribution is 0.284. The first-order chi connectivity index (χ1) is 16.5. The second-order valence-electron chi connectivity index (χ2n) is 8.42. The van der Waals surface area contributed by atoms with Crippen LogP contribution in [-0.2, 0) is 19.4 Å². The highest BCUT2D eigenvalue weighted by molar-refractivity contribution is 7.18. The van der Waals surface area contributed by atoms with Crippen molar-refractivity contribution in [3.63, 3.8) is 0 Å². The number of ether oxygens (including phenoxy) is 2. The average molecular weight is 515 g/mol. The third kappa shape index (κ3) is 4.67. The van der Waals surface area contributed by atoms with Gasteiger partial charge in [0.1, 0.15) is 17.3 Å². The van der Waals surface area contributed by atoms with Crippen LogP contribution < -0.4 is 15.0 Å². The number of rotatable bonds is 5. The number of fused-ring (bicyclic) bond motifs is 3. The summed E-state index contributed by atoms with van der Waals surface area (Å²) in [5.41, 5.74) is 2.78. The van der Waals surface area contributed by atoms with Crippen molar-refractivity contribution in [3.8, 4) is 22.9 Å². The van der Waals surface area contributed by atoms with Crippen LogP contribution in [-0.4, -0.2) is 17.1 Å². The van der Waals surface area contributed by atoms with Gasteiger partial charge in [0.15, 0.2) is 11.5 Å². The molecule has 0 saturated heterocycles. The third-order valence-corrected chi connectivity index (χ3v) is 8.07. The number of halogens is 2. The molecule has 0 bridgehead atoms. The lowest BCUT2D eigenvalue weighted by Crippen LogP contribution is -2.10. The van der Waals surface area contributed by atoms with Gasteiger partial charge in [-0.15, -0.1) is 11.3 Å². The second kappa shape index (κ2) is 9.98.